The summed E-state index contributed by atoms with van der Waals surface area (Å²) in [4.78, 5) is 0. The first-order valence-electron chi connectivity index (χ1n) is 6.65. The molecule has 3 aromatic rings. The van der Waals surface area contributed by atoms with E-state index >= 15 is 0 Å². The van der Waals surface area contributed by atoms with Gasteiger partial charge >= 0.3 is 0 Å². The van der Waals surface area contributed by atoms with E-state index in [0.29, 0.717) is 17.5 Å². The lowest BCUT2D eigenvalue weighted by Crippen LogP contribution is -2.01. The van der Waals surface area contributed by atoms with Crippen LogP contribution in [0.25, 0.3) is 17.1 Å². The van der Waals surface area contributed by atoms with E-state index in [4.69, 9.17) is 10.2 Å². The van der Waals surface area contributed by atoms with Gasteiger partial charge in [-0.1, -0.05) is 26.0 Å². The number of rotatable bonds is 3. The van der Waals surface area contributed by atoms with E-state index < -0.39 is 0 Å². The number of anilines is 1. The molecule has 0 aliphatic heterocycles. The third kappa shape index (κ3) is 2.20. The van der Waals surface area contributed by atoms with Gasteiger partial charge in [0.2, 0.25) is 0 Å². The quantitative estimate of drug-likeness (QED) is 0.784. The molecule has 2 N–H and O–H groups in total. The van der Waals surface area contributed by atoms with Crippen LogP contribution in [0.5, 0.6) is 0 Å². The van der Waals surface area contributed by atoms with E-state index in [0.717, 1.165) is 11.4 Å². The van der Waals surface area contributed by atoms with Gasteiger partial charge in [0, 0.05) is 6.07 Å². The van der Waals surface area contributed by atoms with Crippen LogP contribution in [0, 0.1) is 0 Å². The summed E-state index contributed by atoms with van der Waals surface area (Å²) in [5.74, 6) is 1.82. The Morgan fingerprint density at radius 1 is 1.15 bits per heavy atom. The number of furan rings is 1. The summed E-state index contributed by atoms with van der Waals surface area (Å²) in [5.41, 5.74) is 9.02. The minimum atomic E-state index is 0.512. The Bertz CT molecular complexity index is 694. The van der Waals surface area contributed by atoms with Crippen molar-refractivity contribution in [1.29, 1.82) is 0 Å². The number of hydrogen-bond donors (Lipinski definition) is 1. The monoisotopic (exact) mass is 267 g/mol. The zero-order valence-corrected chi connectivity index (χ0v) is 11.6. The molecule has 4 heteroatoms. The molecule has 0 aliphatic carbocycles. The van der Waals surface area contributed by atoms with E-state index in [9.17, 15) is 0 Å². The molecule has 0 radical (unpaired) electrons. The molecule has 1 aromatic carbocycles. The summed E-state index contributed by atoms with van der Waals surface area (Å²) in [6.07, 6.45) is 1.63. The molecule has 0 fully saturated rings. The van der Waals surface area contributed by atoms with Crippen LogP contribution in [-0.2, 0) is 0 Å². The maximum Gasteiger partial charge on any atom is 0.154 e. The van der Waals surface area contributed by atoms with Crippen molar-refractivity contribution in [3.8, 4) is 17.1 Å². The van der Waals surface area contributed by atoms with E-state index in [-0.39, 0.29) is 0 Å². The summed E-state index contributed by atoms with van der Waals surface area (Å²) in [6.45, 7) is 4.35. The highest BCUT2D eigenvalue weighted by Crippen LogP contribution is 2.24. The minimum Gasteiger partial charge on any atom is -0.463 e. The van der Waals surface area contributed by atoms with Crippen LogP contribution < -0.4 is 5.73 Å². The van der Waals surface area contributed by atoms with Gasteiger partial charge in [-0.2, -0.15) is 5.10 Å². The summed E-state index contributed by atoms with van der Waals surface area (Å²) in [5, 5.41) is 4.49. The average Bonchev–Trinajstić information content (AvgIpc) is 3.08. The van der Waals surface area contributed by atoms with Gasteiger partial charge in [0.25, 0.3) is 0 Å². The van der Waals surface area contributed by atoms with Crippen LogP contribution in [-0.4, -0.2) is 9.78 Å². The first-order chi connectivity index (χ1) is 9.65. The molecule has 0 saturated carbocycles. The van der Waals surface area contributed by atoms with Crippen molar-refractivity contribution in [2.24, 2.45) is 0 Å². The molecule has 0 amide bonds. The van der Waals surface area contributed by atoms with Gasteiger partial charge in [0.15, 0.2) is 5.76 Å². The highest BCUT2D eigenvalue weighted by Gasteiger charge is 2.10. The van der Waals surface area contributed by atoms with Crippen molar-refractivity contribution < 1.29 is 4.42 Å². The molecular formula is C16H17N3O. The lowest BCUT2D eigenvalue weighted by atomic mass is 10.0. The molecule has 0 unspecified atom stereocenters. The number of hydrogen-bond acceptors (Lipinski definition) is 3. The zero-order valence-electron chi connectivity index (χ0n) is 11.6. The highest BCUT2D eigenvalue weighted by molar-refractivity contribution is 5.58. The molecule has 0 bridgehead atoms. The molecule has 0 aliphatic rings. The summed E-state index contributed by atoms with van der Waals surface area (Å²) in [6, 6.07) is 13.8. The first-order valence-corrected chi connectivity index (χ1v) is 6.65. The fraction of sp³-hybridized carbons (Fsp3) is 0.188. The fourth-order valence-electron chi connectivity index (χ4n) is 2.15. The summed E-state index contributed by atoms with van der Waals surface area (Å²) < 4.78 is 7.07. The average molecular weight is 267 g/mol. The predicted octanol–water partition coefficient (Wildman–Crippen LogP) is 3.84. The van der Waals surface area contributed by atoms with Gasteiger partial charge < -0.3 is 10.2 Å². The number of nitrogens with zero attached hydrogens (tertiary/aromatic N) is 2. The Kier molecular flexibility index (Phi) is 3.06. The van der Waals surface area contributed by atoms with Crippen LogP contribution in [0.4, 0.5) is 5.82 Å². The topological polar surface area (TPSA) is 57.0 Å². The van der Waals surface area contributed by atoms with Gasteiger partial charge in [0.1, 0.15) is 11.5 Å². The van der Waals surface area contributed by atoms with Crippen molar-refractivity contribution in [3.63, 3.8) is 0 Å². The Balaban J connectivity index is 1.98. The van der Waals surface area contributed by atoms with Gasteiger partial charge in [-0.3, -0.25) is 0 Å². The second-order valence-corrected chi connectivity index (χ2v) is 5.09. The lowest BCUT2D eigenvalue weighted by molar-refractivity contribution is 0.579. The first kappa shape index (κ1) is 12.5. The minimum absolute atomic E-state index is 0.512. The SMILES string of the molecule is CC(C)c1ccc(-n2nc(-c3ccco3)cc2N)cc1. The Morgan fingerprint density at radius 3 is 2.50 bits per heavy atom. The van der Waals surface area contributed by atoms with Crippen LogP contribution in [0.1, 0.15) is 25.3 Å². The smallest absolute Gasteiger partial charge is 0.154 e. The summed E-state index contributed by atoms with van der Waals surface area (Å²) >= 11 is 0. The number of aromatic nitrogens is 2. The van der Waals surface area contributed by atoms with Crippen LogP contribution >= 0.6 is 0 Å². The lowest BCUT2D eigenvalue weighted by Gasteiger charge is -2.07. The molecule has 2 heterocycles. The molecule has 102 valence electrons. The van der Waals surface area contributed by atoms with E-state index in [1.807, 2.05) is 30.3 Å². The van der Waals surface area contributed by atoms with Crippen molar-refractivity contribution in [3.05, 3.63) is 54.3 Å². The van der Waals surface area contributed by atoms with E-state index in [2.05, 4.69) is 31.1 Å². The Morgan fingerprint density at radius 2 is 1.90 bits per heavy atom. The number of benzene rings is 1. The maximum atomic E-state index is 6.04. The third-order valence-corrected chi connectivity index (χ3v) is 3.31. The number of nitrogen functional groups attached to an aromatic ring is 1. The summed E-state index contributed by atoms with van der Waals surface area (Å²) in [7, 11) is 0. The molecule has 0 spiro atoms. The van der Waals surface area contributed by atoms with Crippen LogP contribution in [0.2, 0.25) is 0 Å². The largest absolute Gasteiger partial charge is 0.463 e. The fourth-order valence-corrected chi connectivity index (χ4v) is 2.15. The molecule has 20 heavy (non-hydrogen) atoms. The molecular weight excluding hydrogens is 250 g/mol. The Hall–Kier alpha value is -2.49. The molecule has 0 atom stereocenters. The van der Waals surface area contributed by atoms with Gasteiger partial charge in [-0.25, -0.2) is 4.68 Å². The Labute approximate surface area is 117 Å². The molecule has 3 rings (SSSR count). The second kappa shape index (κ2) is 4.89. The van der Waals surface area contributed by atoms with Crippen LogP contribution in [0.15, 0.2) is 53.1 Å². The van der Waals surface area contributed by atoms with Crippen molar-refractivity contribution in [2.75, 3.05) is 5.73 Å². The van der Waals surface area contributed by atoms with Crippen LogP contribution in [0.3, 0.4) is 0 Å². The molecule has 0 saturated heterocycles. The third-order valence-electron chi connectivity index (χ3n) is 3.31. The van der Waals surface area contributed by atoms with Crippen molar-refractivity contribution >= 4 is 5.82 Å². The van der Waals surface area contributed by atoms with Gasteiger partial charge in [-0.05, 0) is 35.7 Å². The van der Waals surface area contributed by atoms with Gasteiger partial charge in [-0.15, -0.1) is 0 Å². The van der Waals surface area contributed by atoms with E-state index in [1.54, 1.807) is 10.9 Å². The highest BCUT2D eigenvalue weighted by atomic mass is 16.3. The molecule has 2 aromatic heterocycles. The normalized spacial score (nSPS) is 11.2. The molecule has 4 nitrogen and oxygen atoms in total. The number of nitrogens with two attached hydrogens (primary N) is 1. The van der Waals surface area contributed by atoms with Gasteiger partial charge in [0.05, 0.1) is 12.0 Å². The maximum absolute atomic E-state index is 6.04. The van der Waals surface area contributed by atoms with E-state index in [1.165, 1.54) is 5.56 Å². The second-order valence-electron chi connectivity index (χ2n) is 5.09. The zero-order chi connectivity index (χ0) is 14.1. The van der Waals surface area contributed by atoms with Crippen molar-refractivity contribution in [2.45, 2.75) is 19.8 Å². The predicted molar refractivity (Wildman–Crippen MR) is 79.8 cm³/mol. The van der Waals surface area contributed by atoms with Crippen molar-refractivity contribution in [1.82, 2.24) is 9.78 Å². The standard InChI is InChI=1S/C16H17N3O/c1-11(2)12-5-7-13(8-6-12)19-16(17)10-14(18-19)15-4-3-9-20-15/h3-11H,17H2,1-2H3.